The number of hydrogen-bond donors (Lipinski definition) is 1. The summed E-state index contributed by atoms with van der Waals surface area (Å²) >= 11 is 0. The van der Waals surface area contributed by atoms with Gasteiger partial charge in [-0.25, -0.2) is 0 Å². The smallest absolute Gasteiger partial charge is 0.227 e. The van der Waals surface area contributed by atoms with Gasteiger partial charge in [0.05, 0.1) is 0 Å². The fourth-order valence-electron chi connectivity index (χ4n) is 3.69. The topological polar surface area (TPSA) is 34.0 Å². The number of aromatic nitrogens is 1. The number of fused-ring (bicyclic) bond motifs is 3. The van der Waals surface area contributed by atoms with E-state index in [4.69, 9.17) is 0 Å². The molecule has 1 heterocycles. The molecule has 25 heavy (non-hydrogen) atoms. The Balaban J connectivity index is 1.93. The van der Waals surface area contributed by atoms with Gasteiger partial charge in [0.2, 0.25) is 5.91 Å². The third-order valence-electron chi connectivity index (χ3n) is 5.13. The van der Waals surface area contributed by atoms with Crippen LogP contribution in [0.2, 0.25) is 0 Å². The van der Waals surface area contributed by atoms with E-state index in [1.165, 1.54) is 21.8 Å². The van der Waals surface area contributed by atoms with Crippen LogP contribution < -0.4 is 5.32 Å². The molecule has 0 saturated carbocycles. The van der Waals surface area contributed by atoms with Crippen LogP contribution in [0.1, 0.15) is 46.5 Å². The average molecular weight is 336 g/mol. The van der Waals surface area contributed by atoms with Crippen LogP contribution in [0.3, 0.4) is 0 Å². The largest absolute Gasteiger partial charge is 0.341 e. The number of hydrogen-bond acceptors (Lipinski definition) is 1. The van der Waals surface area contributed by atoms with Gasteiger partial charge >= 0.3 is 0 Å². The highest BCUT2D eigenvalue weighted by atomic mass is 16.1. The number of nitrogens with one attached hydrogen (secondary N) is 1. The van der Waals surface area contributed by atoms with Gasteiger partial charge in [-0.2, -0.15) is 0 Å². The number of nitrogens with zero attached hydrogens (tertiary/aromatic N) is 1. The molecular formula is C22H28N2O. The maximum absolute atomic E-state index is 12.6. The minimum atomic E-state index is 0.104. The van der Waals surface area contributed by atoms with E-state index in [1.807, 2.05) is 6.07 Å². The Kier molecular flexibility index (Phi) is 5.42. The predicted molar refractivity (Wildman–Crippen MR) is 107 cm³/mol. The fraction of sp³-hybridized carbons (Fsp3) is 0.409. The minimum absolute atomic E-state index is 0.104. The Bertz CT molecular complexity index is 878. The SMILES string of the molecule is CCCC[C@H](CC)C(=O)Nc1ccc2c(c1)c1ccccc1n2CC. The van der Waals surface area contributed by atoms with Crippen molar-refractivity contribution in [1.82, 2.24) is 4.57 Å². The standard InChI is InChI=1S/C22H28N2O/c1-4-7-10-16(5-2)22(25)23-17-13-14-21-19(15-17)18-11-8-9-12-20(18)24(21)6-3/h8-9,11-16H,4-7,10H2,1-3H3,(H,23,25)/t16-/m0/s1. The van der Waals surface area contributed by atoms with E-state index in [9.17, 15) is 4.79 Å². The summed E-state index contributed by atoms with van der Waals surface area (Å²) in [7, 11) is 0. The first-order valence-corrected chi connectivity index (χ1v) is 9.51. The second-order valence-corrected chi connectivity index (χ2v) is 6.73. The molecule has 3 aromatic rings. The van der Waals surface area contributed by atoms with Crippen molar-refractivity contribution < 1.29 is 4.79 Å². The monoisotopic (exact) mass is 336 g/mol. The summed E-state index contributed by atoms with van der Waals surface area (Å²) in [5.74, 6) is 0.252. The van der Waals surface area contributed by atoms with Gasteiger partial charge in [-0.05, 0) is 44.0 Å². The third-order valence-corrected chi connectivity index (χ3v) is 5.13. The summed E-state index contributed by atoms with van der Waals surface area (Å²) in [5.41, 5.74) is 3.36. The lowest BCUT2D eigenvalue weighted by Gasteiger charge is -2.14. The molecule has 0 bridgehead atoms. The van der Waals surface area contributed by atoms with E-state index >= 15 is 0 Å². The molecule has 3 heteroatoms. The molecule has 0 fully saturated rings. The summed E-state index contributed by atoms with van der Waals surface area (Å²) in [6.07, 6.45) is 4.10. The Morgan fingerprint density at radius 1 is 1.04 bits per heavy atom. The van der Waals surface area contributed by atoms with Crippen LogP contribution in [0.5, 0.6) is 0 Å². The van der Waals surface area contributed by atoms with Crippen molar-refractivity contribution in [2.75, 3.05) is 5.32 Å². The van der Waals surface area contributed by atoms with Gasteiger partial charge in [0.15, 0.2) is 0 Å². The minimum Gasteiger partial charge on any atom is -0.341 e. The summed E-state index contributed by atoms with van der Waals surface area (Å²) in [6, 6.07) is 14.7. The van der Waals surface area contributed by atoms with E-state index in [2.05, 4.69) is 67.1 Å². The van der Waals surface area contributed by atoms with Gasteiger partial charge in [0, 0.05) is 40.0 Å². The molecule has 1 atom stereocenters. The molecule has 0 aliphatic carbocycles. The Morgan fingerprint density at radius 3 is 2.52 bits per heavy atom. The fourth-order valence-corrected chi connectivity index (χ4v) is 3.69. The number of amides is 1. The third kappa shape index (κ3) is 3.41. The molecule has 0 saturated heterocycles. The number of para-hydroxylation sites is 1. The summed E-state index contributed by atoms with van der Waals surface area (Å²) in [4.78, 5) is 12.6. The average Bonchev–Trinajstić information content (AvgIpc) is 2.95. The number of carbonyl (C=O) groups excluding carboxylic acids is 1. The molecule has 0 aliphatic heterocycles. The summed E-state index contributed by atoms with van der Waals surface area (Å²) < 4.78 is 2.33. The number of aryl methyl sites for hydroxylation is 1. The second-order valence-electron chi connectivity index (χ2n) is 6.73. The summed E-state index contributed by atoms with van der Waals surface area (Å²) in [5, 5.41) is 5.59. The number of carbonyl (C=O) groups is 1. The lowest BCUT2D eigenvalue weighted by Crippen LogP contribution is -2.22. The van der Waals surface area contributed by atoms with Crippen molar-refractivity contribution in [1.29, 1.82) is 0 Å². The van der Waals surface area contributed by atoms with Crippen LogP contribution in [0.15, 0.2) is 42.5 Å². The molecule has 0 radical (unpaired) electrons. The predicted octanol–water partition coefficient (Wildman–Crippen LogP) is 5.97. The number of benzene rings is 2. The van der Waals surface area contributed by atoms with Crippen LogP contribution in [-0.2, 0) is 11.3 Å². The molecule has 3 rings (SSSR count). The van der Waals surface area contributed by atoms with Crippen molar-refractivity contribution in [3.63, 3.8) is 0 Å². The molecule has 3 nitrogen and oxygen atoms in total. The highest BCUT2D eigenvalue weighted by Crippen LogP contribution is 2.31. The molecule has 0 aliphatic rings. The molecule has 1 aromatic heterocycles. The van der Waals surface area contributed by atoms with E-state index in [0.29, 0.717) is 0 Å². The van der Waals surface area contributed by atoms with Gasteiger partial charge in [0.25, 0.3) is 0 Å². The van der Waals surface area contributed by atoms with Crippen LogP contribution in [-0.4, -0.2) is 10.5 Å². The van der Waals surface area contributed by atoms with Gasteiger partial charge in [0.1, 0.15) is 0 Å². The van der Waals surface area contributed by atoms with Gasteiger partial charge in [-0.1, -0.05) is 44.9 Å². The molecule has 0 spiro atoms. The van der Waals surface area contributed by atoms with Crippen molar-refractivity contribution in [3.8, 4) is 0 Å². The molecule has 132 valence electrons. The molecule has 1 N–H and O–H groups in total. The van der Waals surface area contributed by atoms with Crippen molar-refractivity contribution >= 4 is 33.4 Å². The Hall–Kier alpha value is -2.29. The summed E-state index contributed by atoms with van der Waals surface area (Å²) in [6.45, 7) is 7.37. The van der Waals surface area contributed by atoms with Gasteiger partial charge < -0.3 is 9.88 Å². The van der Waals surface area contributed by atoms with Crippen LogP contribution >= 0.6 is 0 Å². The number of unbranched alkanes of at least 4 members (excludes halogenated alkanes) is 1. The van der Waals surface area contributed by atoms with Crippen molar-refractivity contribution in [2.24, 2.45) is 5.92 Å². The highest BCUT2D eigenvalue weighted by molar-refractivity contribution is 6.09. The first-order valence-electron chi connectivity index (χ1n) is 9.51. The van der Waals surface area contributed by atoms with Crippen LogP contribution in [0, 0.1) is 5.92 Å². The zero-order valence-corrected chi connectivity index (χ0v) is 15.5. The van der Waals surface area contributed by atoms with E-state index < -0.39 is 0 Å². The van der Waals surface area contributed by atoms with Gasteiger partial charge in [-0.15, -0.1) is 0 Å². The number of anilines is 1. The molecular weight excluding hydrogens is 308 g/mol. The van der Waals surface area contributed by atoms with Crippen molar-refractivity contribution in [3.05, 3.63) is 42.5 Å². The zero-order valence-electron chi connectivity index (χ0n) is 15.5. The molecule has 2 aromatic carbocycles. The Labute approximate surface area is 150 Å². The number of rotatable bonds is 7. The molecule has 0 unspecified atom stereocenters. The van der Waals surface area contributed by atoms with E-state index in [0.717, 1.165) is 37.9 Å². The first kappa shape index (κ1) is 17.5. The highest BCUT2D eigenvalue weighted by Gasteiger charge is 2.17. The second kappa shape index (κ2) is 7.73. The van der Waals surface area contributed by atoms with Crippen molar-refractivity contribution in [2.45, 2.75) is 53.0 Å². The lowest BCUT2D eigenvalue weighted by atomic mass is 9.98. The van der Waals surface area contributed by atoms with Crippen LogP contribution in [0.4, 0.5) is 5.69 Å². The van der Waals surface area contributed by atoms with Gasteiger partial charge in [-0.3, -0.25) is 4.79 Å². The maximum atomic E-state index is 12.6. The first-order chi connectivity index (χ1) is 12.2. The van der Waals surface area contributed by atoms with E-state index in [-0.39, 0.29) is 11.8 Å². The quantitative estimate of drug-likeness (QED) is 0.566. The normalized spacial score (nSPS) is 12.6. The lowest BCUT2D eigenvalue weighted by molar-refractivity contribution is -0.120. The van der Waals surface area contributed by atoms with E-state index in [1.54, 1.807) is 0 Å². The maximum Gasteiger partial charge on any atom is 0.227 e. The molecule has 1 amide bonds. The van der Waals surface area contributed by atoms with Crippen LogP contribution in [0.25, 0.3) is 21.8 Å². The zero-order chi connectivity index (χ0) is 17.8. The Morgan fingerprint density at radius 2 is 1.80 bits per heavy atom.